The van der Waals surface area contributed by atoms with E-state index in [1.54, 1.807) is 91.6 Å². The number of amides is 11. The Morgan fingerprint density at radius 3 is 1.92 bits per heavy atom. The number of imide groups is 1. The number of likely N-dealkylation sites (tertiary alicyclic amines) is 1. The zero-order valence-corrected chi connectivity index (χ0v) is 58.7. The molecule has 4 rings (SSSR count). The Morgan fingerprint density at radius 2 is 1.36 bits per heavy atom. The molecule has 2 aliphatic rings. The number of carbonyl (C=O) groups excluding carboxylic acids is 10. The monoisotopic (exact) mass is 1370 g/mol. The number of nitrogens with zero attached hydrogens (tertiary/aromatic N) is 4. The minimum Gasteiger partial charge on any atom is -0.445 e. The quantitative estimate of drug-likeness (QED) is 0.0262. The zero-order valence-electron chi connectivity index (χ0n) is 58.7. The second-order valence-corrected chi connectivity index (χ2v) is 26.5. The highest BCUT2D eigenvalue weighted by molar-refractivity contribution is 6.12. The number of methoxy groups -OCH3 is 2. The summed E-state index contributed by atoms with van der Waals surface area (Å²) >= 11 is 0. The maximum atomic E-state index is 14.8. The van der Waals surface area contributed by atoms with Crippen LogP contribution in [0, 0.1) is 29.6 Å². The zero-order chi connectivity index (χ0) is 72.6. The third-order valence-electron chi connectivity index (χ3n) is 18.3. The van der Waals surface area contributed by atoms with Gasteiger partial charge in [-0.1, -0.05) is 124 Å². The fourth-order valence-corrected chi connectivity index (χ4v) is 12.5. The summed E-state index contributed by atoms with van der Waals surface area (Å²) in [5.41, 5.74) is 6.58. The molecule has 28 heteroatoms. The topological polar surface area (TPSA) is 330 Å². The minimum absolute atomic E-state index is 0.0178. The standard InChI is InChI=1S/C69H106F3N11O14/c1-15-43(8)59(51(95-13)38-55(86)82-37-23-27-50(82)61(96-14)44(9)62(88)75-45(10)60(87)47-24-18-16-19-25-47)80(11)66(92)57(41(4)5)79-65(91)58(42(6)7)81(12)68(94)97-39-46-29-31-48(32-30-46)76-63(89)49(26-22-35-74-67(73)93)77-64(90)56(40(2)3)78-52(69(70,71)72)28-20-17-21-36-83-53(84)33-34-54(83)85/h16,18-19,24-25,29-34,40-45,49-52,56-61,78,87H,15,17,20-23,26-28,35-39H2,1-14H3,(H,75,88)(H,76,89)(H,77,90)(H,79,91)(H3,73,74,93)/t43-,44+,45+,49-,50-,51+,52+,56-,57-,58-,59-,60+,61+/m0/s1. The molecule has 0 aliphatic carbocycles. The number of likely N-dealkylation sites (N-methyl/N-ethyl adjacent to an activating group) is 2. The average molecular weight is 1370 g/mol. The van der Waals surface area contributed by atoms with E-state index in [0.717, 1.165) is 22.0 Å². The van der Waals surface area contributed by atoms with Crippen molar-refractivity contribution >= 4 is 65.1 Å². The van der Waals surface area contributed by atoms with E-state index in [-0.39, 0.29) is 81.6 Å². The highest BCUT2D eigenvalue weighted by Gasteiger charge is 2.45. The molecular weight excluding hydrogens is 1260 g/mol. The minimum atomic E-state index is -4.76. The first-order valence-corrected chi connectivity index (χ1v) is 33.6. The second kappa shape index (κ2) is 39.0. The molecule has 0 aromatic heterocycles. The summed E-state index contributed by atoms with van der Waals surface area (Å²) in [7, 11) is 6.00. The summed E-state index contributed by atoms with van der Waals surface area (Å²) in [5, 5.41) is 27.0. The molecular formula is C69H106F3N11O14. The first kappa shape index (κ1) is 81.7. The molecule has 542 valence electrons. The largest absolute Gasteiger partial charge is 0.445 e. The molecule has 0 saturated carbocycles. The molecule has 2 heterocycles. The first-order chi connectivity index (χ1) is 45.7. The van der Waals surface area contributed by atoms with Gasteiger partial charge in [-0.3, -0.25) is 53.5 Å². The van der Waals surface area contributed by atoms with Crippen molar-refractivity contribution in [3.8, 4) is 0 Å². The van der Waals surface area contributed by atoms with Crippen molar-refractivity contribution in [1.29, 1.82) is 0 Å². The Kier molecular flexibility index (Phi) is 32.9. The molecule has 2 aromatic rings. The third kappa shape index (κ3) is 24.1. The van der Waals surface area contributed by atoms with Gasteiger partial charge >= 0.3 is 18.3 Å². The van der Waals surface area contributed by atoms with Crippen LogP contribution in [0.25, 0.3) is 0 Å². The van der Waals surface area contributed by atoms with Gasteiger partial charge in [-0.15, -0.1) is 0 Å². The van der Waals surface area contributed by atoms with Crippen molar-refractivity contribution < 1.29 is 80.4 Å². The molecule has 0 spiro atoms. The Bertz CT molecular complexity index is 2940. The number of primary amides is 1. The number of alkyl halides is 3. The van der Waals surface area contributed by atoms with E-state index < -0.39 is 150 Å². The van der Waals surface area contributed by atoms with E-state index in [1.807, 2.05) is 32.0 Å². The Labute approximate surface area is 569 Å². The van der Waals surface area contributed by atoms with Gasteiger partial charge in [-0.2, -0.15) is 13.2 Å². The molecule has 0 radical (unpaired) electrons. The number of carbonyl (C=O) groups is 10. The number of halogens is 3. The molecule has 0 bridgehead atoms. The summed E-state index contributed by atoms with van der Waals surface area (Å²) in [5.74, 6) is -6.75. The third-order valence-corrected chi connectivity index (χ3v) is 18.3. The summed E-state index contributed by atoms with van der Waals surface area (Å²) < 4.78 is 61.0. The number of aliphatic hydroxyl groups excluding tert-OH is 1. The molecule has 2 aliphatic heterocycles. The molecule has 1 fully saturated rings. The van der Waals surface area contributed by atoms with E-state index in [4.69, 9.17) is 19.9 Å². The second-order valence-electron chi connectivity index (χ2n) is 26.5. The average Bonchev–Trinajstić information content (AvgIpc) is 1.80. The lowest BCUT2D eigenvalue weighted by atomic mass is 9.89. The van der Waals surface area contributed by atoms with Gasteiger partial charge in [0.2, 0.25) is 35.4 Å². The van der Waals surface area contributed by atoms with E-state index in [0.29, 0.717) is 36.9 Å². The molecule has 0 unspecified atom stereocenters. The molecule has 11 amide bonds. The van der Waals surface area contributed by atoms with E-state index in [2.05, 4.69) is 31.9 Å². The Hall–Kier alpha value is -7.69. The van der Waals surface area contributed by atoms with Crippen LogP contribution in [-0.2, 0) is 59.2 Å². The maximum Gasteiger partial charge on any atom is 0.410 e. The normalized spacial score (nSPS) is 17.8. The van der Waals surface area contributed by atoms with Gasteiger partial charge in [0.1, 0.15) is 30.8 Å². The smallest absolute Gasteiger partial charge is 0.410 e. The highest BCUT2D eigenvalue weighted by atomic mass is 19.4. The van der Waals surface area contributed by atoms with Crippen LogP contribution in [-0.4, -0.2) is 199 Å². The van der Waals surface area contributed by atoms with Crippen LogP contribution in [0.3, 0.4) is 0 Å². The van der Waals surface area contributed by atoms with Crippen molar-refractivity contribution in [3.05, 3.63) is 77.9 Å². The predicted octanol–water partition coefficient (Wildman–Crippen LogP) is 6.48. The van der Waals surface area contributed by atoms with E-state index in [1.165, 1.54) is 38.3 Å². The van der Waals surface area contributed by atoms with E-state index in [9.17, 15) is 66.2 Å². The molecule has 25 nitrogen and oxygen atoms in total. The number of hydrogen-bond donors (Lipinski definition) is 8. The first-order valence-electron chi connectivity index (χ1n) is 33.6. The lowest BCUT2D eigenvalue weighted by Gasteiger charge is -2.41. The predicted molar refractivity (Wildman–Crippen MR) is 358 cm³/mol. The van der Waals surface area contributed by atoms with Crippen molar-refractivity contribution in [2.45, 2.75) is 213 Å². The number of ether oxygens (including phenoxy) is 3. The van der Waals surface area contributed by atoms with Crippen LogP contribution in [0.4, 0.5) is 28.4 Å². The number of nitrogens with one attached hydrogen (secondary N) is 6. The number of aliphatic hydroxyl groups is 1. The van der Waals surface area contributed by atoms with Crippen molar-refractivity contribution in [3.63, 3.8) is 0 Å². The molecule has 1 saturated heterocycles. The molecule has 13 atom stereocenters. The summed E-state index contributed by atoms with van der Waals surface area (Å²) in [4.78, 5) is 139. The van der Waals surface area contributed by atoms with Crippen LogP contribution in [0.5, 0.6) is 0 Å². The SMILES string of the molecule is CC[C@H](C)[C@@H]([C@@H](CC(=O)N1CCC[C@H]1[C@H](OC)[C@@H](C)C(=O)N[C@H](C)[C@@H](O)c1ccccc1)OC)N(C)C(=O)[C@@H](NC(=O)[C@H](C(C)C)N(C)C(=O)OCc1ccc(NC(=O)[C@H](CCCNC(N)=O)NC(=O)[C@@H](N[C@H](CCCCCN2C(=O)C=CC2=O)C(F)(F)F)C(C)C)cc1)C(C)C. The number of hydrogen-bond acceptors (Lipinski definition) is 15. The number of unbranched alkanes of at least 4 members (excludes halogenated alkanes) is 2. The van der Waals surface area contributed by atoms with Gasteiger partial charge < -0.3 is 61.4 Å². The molecule has 2 aromatic carbocycles. The summed E-state index contributed by atoms with van der Waals surface area (Å²) in [6.45, 7) is 17.7. The molecule has 9 N–H and O–H groups in total. The summed E-state index contributed by atoms with van der Waals surface area (Å²) in [6.07, 6.45) is -3.80. The van der Waals surface area contributed by atoms with Gasteiger partial charge in [0.15, 0.2) is 0 Å². The Balaban J connectivity index is 1.40. The van der Waals surface area contributed by atoms with Crippen LogP contribution in [0.2, 0.25) is 0 Å². The van der Waals surface area contributed by atoms with Crippen molar-refractivity contribution in [2.24, 2.45) is 35.3 Å². The molecule has 97 heavy (non-hydrogen) atoms. The van der Waals surface area contributed by atoms with Gasteiger partial charge in [0.05, 0.1) is 54.8 Å². The fraction of sp³-hybridized carbons (Fsp3) is 0.652. The lowest BCUT2D eigenvalue weighted by Crippen LogP contribution is -2.60. The van der Waals surface area contributed by atoms with Crippen molar-refractivity contribution in [1.82, 2.24) is 46.2 Å². The van der Waals surface area contributed by atoms with Crippen molar-refractivity contribution in [2.75, 3.05) is 53.3 Å². The van der Waals surface area contributed by atoms with Crippen LogP contribution in [0.1, 0.15) is 151 Å². The lowest BCUT2D eigenvalue weighted by molar-refractivity contribution is -0.161. The van der Waals surface area contributed by atoms with Crippen LogP contribution in [0.15, 0.2) is 66.7 Å². The number of benzene rings is 2. The van der Waals surface area contributed by atoms with Gasteiger partial charge in [-0.25, -0.2) is 9.59 Å². The number of urea groups is 1. The highest BCUT2D eigenvalue weighted by Crippen LogP contribution is 2.31. The van der Waals surface area contributed by atoms with Gasteiger partial charge in [0, 0.05) is 65.8 Å². The van der Waals surface area contributed by atoms with E-state index >= 15 is 0 Å². The maximum absolute atomic E-state index is 14.8. The number of nitrogens with two attached hydrogens (primary N) is 1. The van der Waals surface area contributed by atoms with Gasteiger partial charge in [-0.05, 0) is 92.4 Å². The number of anilines is 1. The van der Waals surface area contributed by atoms with Gasteiger partial charge in [0.25, 0.3) is 11.8 Å². The Morgan fingerprint density at radius 1 is 0.732 bits per heavy atom. The number of rotatable bonds is 39. The summed E-state index contributed by atoms with van der Waals surface area (Å²) in [6, 6.07) is 5.54. The van der Waals surface area contributed by atoms with Crippen LogP contribution < -0.4 is 37.6 Å². The fourth-order valence-electron chi connectivity index (χ4n) is 12.5. The van der Waals surface area contributed by atoms with Crippen LogP contribution >= 0.6 is 0 Å².